The maximum Gasteiger partial charge on any atom is -0.00206 e. The van der Waals surface area contributed by atoms with Gasteiger partial charge in [-0.25, -0.2) is 0 Å². The van der Waals surface area contributed by atoms with Crippen LogP contribution in [0, 0.1) is 0 Å². The van der Waals surface area contributed by atoms with Gasteiger partial charge in [0.15, 0.2) is 0 Å². The minimum atomic E-state index is 1.21. The van der Waals surface area contributed by atoms with E-state index in [0.29, 0.717) is 0 Å². The number of rotatable bonds is 4. The molecule has 54 heavy (non-hydrogen) atoms. The summed E-state index contributed by atoms with van der Waals surface area (Å²) in [6, 6.07) is 72.4. The molecule has 0 aliphatic carbocycles. The fraction of sp³-hybridized carbons (Fsp3) is 0. The third kappa shape index (κ3) is 4.20. The average Bonchev–Trinajstić information content (AvgIpc) is 3.24. The highest BCUT2D eigenvalue weighted by atomic mass is 14.2. The number of hydrogen-bond donors (Lipinski definition) is 0. The highest BCUT2D eigenvalue weighted by molar-refractivity contribution is 6.27. The minimum absolute atomic E-state index is 1.21. The molecule has 0 nitrogen and oxygen atoms in total. The topological polar surface area (TPSA) is 0 Å². The monoisotopic (exact) mass is 680 g/mol. The zero-order valence-electron chi connectivity index (χ0n) is 29.5. The van der Waals surface area contributed by atoms with Gasteiger partial charge in [0.25, 0.3) is 0 Å². The Labute approximate surface area is 312 Å². The molecule has 0 atom stereocenters. The smallest absolute Gasteiger partial charge is 0.00206 e. The largest absolute Gasteiger partial charge is 0.0622 e. The summed E-state index contributed by atoms with van der Waals surface area (Å²) in [6.07, 6.45) is 0. The van der Waals surface area contributed by atoms with E-state index in [1.54, 1.807) is 0 Å². The first-order chi connectivity index (χ1) is 26.8. The van der Waals surface area contributed by atoms with Crippen LogP contribution in [0.2, 0.25) is 0 Å². The highest BCUT2D eigenvalue weighted by Gasteiger charge is 2.20. The van der Waals surface area contributed by atoms with E-state index >= 15 is 0 Å². The Bertz CT molecular complexity index is 3370. The van der Waals surface area contributed by atoms with Gasteiger partial charge in [0.05, 0.1) is 0 Å². The Morgan fingerprint density at radius 3 is 1.24 bits per heavy atom. The van der Waals surface area contributed by atoms with Crippen LogP contribution >= 0.6 is 0 Å². The molecule has 0 saturated heterocycles. The molecule has 0 heteroatoms. The predicted octanol–water partition coefficient (Wildman–Crippen LogP) is 15.3. The van der Waals surface area contributed by atoms with Crippen LogP contribution in [-0.4, -0.2) is 0 Å². The molecular weight excluding hydrogens is 649 g/mol. The molecular formula is C54H32. The number of hydrogen-bond acceptors (Lipinski definition) is 0. The molecule has 0 aromatic heterocycles. The highest BCUT2D eigenvalue weighted by Crippen LogP contribution is 2.47. The zero-order valence-corrected chi connectivity index (χ0v) is 29.5. The third-order valence-corrected chi connectivity index (χ3v) is 12.0. The van der Waals surface area contributed by atoms with Crippen LogP contribution in [0.15, 0.2) is 194 Å². The van der Waals surface area contributed by atoms with Gasteiger partial charge in [-0.1, -0.05) is 188 Å². The Balaban J connectivity index is 1.09. The quantitative estimate of drug-likeness (QED) is 0.162. The van der Waals surface area contributed by atoms with E-state index in [4.69, 9.17) is 0 Å². The molecule has 0 aliphatic heterocycles. The average molecular weight is 681 g/mol. The summed E-state index contributed by atoms with van der Waals surface area (Å²) < 4.78 is 0. The molecule has 0 bridgehead atoms. The van der Waals surface area contributed by atoms with Crippen LogP contribution in [0.4, 0.5) is 0 Å². The Hall–Kier alpha value is -7.02. The molecule has 0 saturated carbocycles. The second-order valence-electron chi connectivity index (χ2n) is 14.8. The van der Waals surface area contributed by atoms with Crippen molar-refractivity contribution in [3.8, 4) is 44.5 Å². The summed E-state index contributed by atoms with van der Waals surface area (Å²) in [5.74, 6) is 0. The van der Waals surface area contributed by atoms with Crippen LogP contribution in [0.25, 0.3) is 120 Å². The van der Waals surface area contributed by atoms with Gasteiger partial charge in [-0.3, -0.25) is 0 Å². The summed E-state index contributed by atoms with van der Waals surface area (Å²) in [6.45, 7) is 0. The van der Waals surface area contributed by atoms with Gasteiger partial charge in [-0.15, -0.1) is 0 Å². The molecule has 12 rings (SSSR count). The fourth-order valence-corrected chi connectivity index (χ4v) is 9.53. The minimum Gasteiger partial charge on any atom is -0.0622 e. The van der Waals surface area contributed by atoms with Gasteiger partial charge < -0.3 is 0 Å². The Morgan fingerprint density at radius 1 is 0.204 bits per heavy atom. The lowest BCUT2D eigenvalue weighted by molar-refractivity contribution is 1.60. The van der Waals surface area contributed by atoms with Crippen LogP contribution in [0.3, 0.4) is 0 Å². The second-order valence-corrected chi connectivity index (χ2v) is 14.8. The lowest BCUT2D eigenvalue weighted by Crippen LogP contribution is -1.93. The van der Waals surface area contributed by atoms with Gasteiger partial charge in [0.2, 0.25) is 0 Å². The molecule has 0 fully saturated rings. The van der Waals surface area contributed by atoms with Crippen molar-refractivity contribution in [1.82, 2.24) is 0 Å². The molecule has 248 valence electrons. The van der Waals surface area contributed by atoms with Crippen molar-refractivity contribution in [2.24, 2.45) is 0 Å². The van der Waals surface area contributed by atoms with E-state index < -0.39 is 0 Å². The van der Waals surface area contributed by atoms with Crippen LogP contribution in [-0.2, 0) is 0 Å². The van der Waals surface area contributed by atoms with E-state index in [0.717, 1.165) is 0 Å². The number of benzene rings is 12. The van der Waals surface area contributed by atoms with E-state index in [1.807, 2.05) is 0 Å². The summed E-state index contributed by atoms with van der Waals surface area (Å²) >= 11 is 0. The Kier molecular flexibility index (Phi) is 6.15. The molecule has 12 aromatic carbocycles. The van der Waals surface area contributed by atoms with Gasteiger partial charge in [0, 0.05) is 0 Å². The second kappa shape index (κ2) is 11.2. The van der Waals surface area contributed by atoms with E-state index in [9.17, 15) is 0 Å². The van der Waals surface area contributed by atoms with E-state index in [2.05, 4.69) is 194 Å². The predicted molar refractivity (Wildman–Crippen MR) is 233 cm³/mol. The first kappa shape index (κ1) is 29.5. The van der Waals surface area contributed by atoms with Crippen LogP contribution in [0.1, 0.15) is 0 Å². The van der Waals surface area contributed by atoms with Gasteiger partial charge in [0.1, 0.15) is 0 Å². The standard InChI is InChI=1S/C54H32/c1-2-8-35(9-3-1)52-45-15-5-4-14-43(45)48(32-49(52)44-29-25-41-23-21-37-11-7-13-39-27-31-47(44)54(41)51(37)39)34-18-16-33(17-19-34)42-28-24-40-22-20-36-10-6-12-38-26-30-46(42)53(40)50(36)38/h1-32H. The van der Waals surface area contributed by atoms with Crippen molar-refractivity contribution in [1.29, 1.82) is 0 Å². The van der Waals surface area contributed by atoms with Crippen LogP contribution in [0.5, 0.6) is 0 Å². The fourth-order valence-electron chi connectivity index (χ4n) is 9.53. The lowest BCUT2D eigenvalue weighted by atomic mass is 9.83. The molecule has 0 unspecified atom stereocenters. The third-order valence-electron chi connectivity index (χ3n) is 12.0. The summed E-state index contributed by atoms with van der Waals surface area (Å²) in [5.41, 5.74) is 9.97. The molecule has 0 amide bonds. The summed E-state index contributed by atoms with van der Waals surface area (Å²) in [5, 5.41) is 18.3. The Morgan fingerprint density at radius 2 is 0.648 bits per heavy atom. The van der Waals surface area contributed by atoms with Crippen molar-refractivity contribution in [3.63, 3.8) is 0 Å². The first-order valence-corrected chi connectivity index (χ1v) is 18.8. The zero-order chi connectivity index (χ0) is 35.3. The summed E-state index contributed by atoms with van der Waals surface area (Å²) in [4.78, 5) is 0. The summed E-state index contributed by atoms with van der Waals surface area (Å²) in [7, 11) is 0. The molecule has 12 aromatic rings. The lowest BCUT2D eigenvalue weighted by Gasteiger charge is -2.20. The van der Waals surface area contributed by atoms with Crippen molar-refractivity contribution in [2.45, 2.75) is 0 Å². The maximum atomic E-state index is 2.46. The molecule has 0 heterocycles. The SMILES string of the molecule is c1ccc(-c2c(-c3ccc4ccc5cccc6ccc3c4c56)cc(-c3ccc(-c4ccc5ccc6cccc7ccc4c5c67)cc3)c3ccccc23)cc1. The van der Waals surface area contributed by atoms with Gasteiger partial charge in [-0.05, 0) is 126 Å². The van der Waals surface area contributed by atoms with Crippen molar-refractivity contribution < 1.29 is 0 Å². The van der Waals surface area contributed by atoms with E-state index in [1.165, 1.54) is 120 Å². The molecule has 0 N–H and O–H groups in total. The molecule has 0 radical (unpaired) electrons. The normalized spacial score (nSPS) is 12.1. The number of fused-ring (bicyclic) bond motifs is 1. The van der Waals surface area contributed by atoms with Gasteiger partial charge in [-0.2, -0.15) is 0 Å². The first-order valence-electron chi connectivity index (χ1n) is 18.8. The van der Waals surface area contributed by atoms with E-state index in [-0.39, 0.29) is 0 Å². The maximum absolute atomic E-state index is 2.46. The van der Waals surface area contributed by atoms with Crippen molar-refractivity contribution >= 4 is 75.4 Å². The van der Waals surface area contributed by atoms with Gasteiger partial charge >= 0.3 is 0 Å². The molecule has 0 spiro atoms. The van der Waals surface area contributed by atoms with Crippen molar-refractivity contribution in [2.75, 3.05) is 0 Å². The van der Waals surface area contributed by atoms with Crippen LogP contribution < -0.4 is 0 Å². The van der Waals surface area contributed by atoms with Crippen molar-refractivity contribution in [3.05, 3.63) is 194 Å². The molecule has 0 aliphatic rings.